The van der Waals surface area contributed by atoms with E-state index in [1.807, 2.05) is 60.7 Å². The van der Waals surface area contributed by atoms with Crippen LogP contribution in [0, 0.1) is 6.07 Å². The Bertz CT molecular complexity index is 1640. The number of aryl methyl sites for hydroxylation is 1. The van der Waals surface area contributed by atoms with Crippen LogP contribution < -0.4 is 0 Å². The molecule has 5 aromatic carbocycles. The van der Waals surface area contributed by atoms with Crippen LogP contribution in [0.2, 0.25) is 0 Å². The number of alkyl halides is 2. The van der Waals surface area contributed by atoms with Crippen molar-refractivity contribution in [3.63, 3.8) is 0 Å². The number of hydrogen-bond acceptors (Lipinski definition) is 0. The molecule has 1 aliphatic carbocycles. The zero-order valence-corrected chi connectivity index (χ0v) is 34.5. The number of benzene rings is 4. The largest absolute Gasteiger partial charge is 2.00 e. The first-order chi connectivity index (χ1) is 21.9. The summed E-state index contributed by atoms with van der Waals surface area (Å²) in [6, 6.07) is 41.2. The molecule has 0 atom stereocenters. The van der Waals surface area contributed by atoms with Gasteiger partial charge in [-0.1, -0.05) is 189 Å². The first-order valence-electron chi connectivity index (χ1n) is 16.9. The maximum absolute atomic E-state index is 6.35. The zero-order chi connectivity index (χ0) is 34.6. The molecule has 0 amide bonds. The summed E-state index contributed by atoms with van der Waals surface area (Å²) in [6.45, 7) is 22.6. The van der Waals surface area contributed by atoms with Crippen LogP contribution in [0.1, 0.15) is 114 Å². The Morgan fingerprint density at radius 1 is 0.604 bits per heavy atom. The average Bonchev–Trinajstić information content (AvgIpc) is 3.66. The van der Waals surface area contributed by atoms with Crippen molar-refractivity contribution in [2.45, 2.75) is 103 Å². The number of hydrogen-bond donors (Lipinski definition) is 0. The van der Waals surface area contributed by atoms with Crippen molar-refractivity contribution in [2.24, 2.45) is 0 Å². The smallest absolute Gasteiger partial charge is 0.207 e. The summed E-state index contributed by atoms with van der Waals surface area (Å²) in [6.07, 6.45) is 2.18. The van der Waals surface area contributed by atoms with Crippen LogP contribution in [0.4, 0.5) is 0 Å². The predicted molar refractivity (Wildman–Crippen MR) is 206 cm³/mol. The molecule has 3 heteroatoms. The molecule has 0 radical (unpaired) electrons. The van der Waals surface area contributed by atoms with Crippen molar-refractivity contribution < 1.29 is 26.2 Å². The average molecular weight is 755 g/mol. The molecular formula is C45H52Cl2Zr. The van der Waals surface area contributed by atoms with E-state index in [0.717, 1.165) is 24.0 Å². The third-order valence-corrected chi connectivity index (χ3v) is 9.70. The van der Waals surface area contributed by atoms with Crippen molar-refractivity contribution >= 4 is 23.2 Å². The second-order valence-electron chi connectivity index (χ2n) is 15.7. The Kier molecular flexibility index (Phi) is 13.5. The van der Waals surface area contributed by atoms with Crippen LogP contribution >= 0.6 is 23.2 Å². The molecule has 0 aliphatic heterocycles. The monoisotopic (exact) mass is 752 g/mol. The molecular weight excluding hydrogens is 703 g/mol. The third-order valence-electron chi connectivity index (χ3n) is 8.83. The van der Waals surface area contributed by atoms with E-state index in [1.54, 1.807) is 0 Å². The Morgan fingerprint density at radius 2 is 1.12 bits per heavy atom. The summed E-state index contributed by atoms with van der Waals surface area (Å²) < 4.78 is -0.970. The molecule has 0 aromatic heterocycles. The molecule has 250 valence electrons. The minimum atomic E-state index is -0.970. The van der Waals surface area contributed by atoms with E-state index < -0.39 is 4.33 Å². The van der Waals surface area contributed by atoms with E-state index in [1.165, 1.54) is 44.5 Å². The molecule has 0 saturated heterocycles. The van der Waals surface area contributed by atoms with E-state index in [2.05, 4.69) is 124 Å². The first kappa shape index (κ1) is 40.1. The molecule has 5 aromatic rings. The molecule has 0 unspecified atom stereocenters. The minimum Gasteiger partial charge on any atom is -0.207 e. The summed E-state index contributed by atoms with van der Waals surface area (Å²) in [5.74, 6) is 0. The van der Waals surface area contributed by atoms with Gasteiger partial charge in [0.15, 0.2) is 4.33 Å². The molecule has 6 rings (SSSR count). The fourth-order valence-electron chi connectivity index (χ4n) is 5.67. The van der Waals surface area contributed by atoms with Gasteiger partial charge in [0.05, 0.1) is 0 Å². The second-order valence-corrected chi connectivity index (χ2v) is 17.1. The van der Waals surface area contributed by atoms with Gasteiger partial charge in [-0.15, -0.1) is 11.1 Å². The molecule has 0 nitrogen and oxygen atoms in total. The fraction of sp³-hybridized carbons (Fsp3) is 0.356. The number of fused-ring (bicyclic) bond motifs is 3. The quantitative estimate of drug-likeness (QED) is 0.125. The zero-order valence-electron chi connectivity index (χ0n) is 30.6. The van der Waals surface area contributed by atoms with Crippen molar-refractivity contribution in [3.05, 3.63) is 160 Å². The minimum absolute atomic E-state index is 0. The molecule has 0 bridgehead atoms. The van der Waals surface area contributed by atoms with Crippen LogP contribution in [-0.2, 0) is 59.6 Å². The normalized spacial score (nSPS) is 12.4. The molecule has 0 N–H and O–H groups in total. The molecule has 48 heavy (non-hydrogen) atoms. The van der Waals surface area contributed by atoms with E-state index in [9.17, 15) is 0 Å². The molecule has 1 aliphatic rings. The number of rotatable bonds is 3. The molecule has 0 spiro atoms. The predicted octanol–water partition coefficient (Wildman–Crippen LogP) is 13.3. The van der Waals surface area contributed by atoms with Gasteiger partial charge in [-0.2, -0.15) is 47.0 Å². The van der Waals surface area contributed by atoms with E-state index in [0.29, 0.717) is 5.41 Å². The summed E-state index contributed by atoms with van der Waals surface area (Å²) >= 11 is 12.7. The second kappa shape index (κ2) is 16.1. The summed E-state index contributed by atoms with van der Waals surface area (Å²) in [5.41, 5.74) is 13.7. The molecule has 0 fully saturated rings. The van der Waals surface area contributed by atoms with Gasteiger partial charge in [-0.05, 0) is 39.5 Å². The maximum atomic E-state index is 6.35. The Morgan fingerprint density at radius 3 is 1.56 bits per heavy atom. The Balaban J connectivity index is 0.000000204. The Hall–Kier alpha value is -2.31. The maximum Gasteiger partial charge on any atom is 2.00 e. The van der Waals surface area contributed by atoms with Crippen LogP contribution in [0.3, 0.4) is 0 Å². The SMILES string of the molecule is CC(C)(C)c1[c-]c2c(cc1)-c1ccc(C(C)(C)C)cc1C2.CCc1cc(C(C)(C)C)c[cH-]1.ClC(Cl)(c1ccccc1)c1ccccc1.[Zr+2]. The Labute approximate surface area is 320 Å². The van der Waals surface area contributed by atoms with Crippen LogP contribution in [-0.4, -0.2) is 0 Å². The van der Waals surface area contributed by atoms with Gasteiger partial charge in [0, 0.05) is 0 Å². The van der Waals surface area contributed by atoms with Crippen LogP contribution in [0.25, 0.3) is 11.1 Å². The first-order valence-corrected chi connectivity index (χ1v) is 17.6. The van der Waals surface area contributed by atoms with Crippen molar-refractivity contribution in [1.82, 2.24) is 0 Å². The van der Waals surface area contributed by atoms with Crippen molar-refractivity contribution in [3.8, 4) is 11.1 Å². The van der Waals surface area contributed by atoms with Crippen molar-refractivity contribution in [1.29, 1.82) is 0 Å². The molecule has 0 saturated carbocycles. The van der Waals surface area contributed by atoms with Crippen LogP contribution in [0.5, 0.6) is 0 Å². The topological polar surface area (TPSA) is 0 Å². The van der Waals surface area contributed by atoms with E-state index >= 15 is 0 Å². The van der Waals surface area contributed by atoms with Gasteiger partial charge in [0.1, 0.15) is 0 Å². The van der Waals surface area contributed by atoms with Gasteiger partial charge in [0.25, 0.3) is 0 Å². The van der Waals surface area contributed by atoms with E-state index in [4.69, 9.17) is 23.2 Å². The summed E-state index contributed by atoms with van der Waals surface area (Å²) in [7, 11) is 0. The van der Waals surface area contributed by atoms with Gasteiger partial charge in [-0.3, -0.25) is 0 Å². The third kappa shape index (κ3) is 10.1. The van der Waals surface area contributed by atoms with Gasteiger partial charge in [-0.25, -0.2) is 6.07 Å². The summed E-state index contributed by atoms with van der Waals surface area (Å²) in [4.78, 5) is 0. The van der Waals surface area contributed by atoms with Crippen molar-refractivity contribution in [2.75, 3.05) is 0 Å². The standard InChI is InChI=1S/C21H25.C13H10Cl2.C11H17.Zr/c1-20(2,3)16-7-9-18-14(12-16)11-15-13-17(21(4,5)6)8-10-19(15)18;14-13(15,11-7-3-1-4-8-11)12-9-5-2-6-10-12;1-5-9-6-7-10(8-9)11(2,3)4;/h7-10,12H,11H2,1-6H3;1-10H;6-8H,5H2,1-4H3;/q-1;;-1;+2. The fourth-order valence-corrected chi connectivity index (χ4v) is 6.17. The summed E-state index contributed by atoms with van der Waals surface area (Å²) in [5, 5.41) is 0. The van der Waals surface area contributed by atoms with E-state index in [-0.39, 0.29) is 37.0 Å². The van der Waals surface area contributed by atoms with Gasteiger partial charge < -0.3 is 0 Å². The number of halogens is 2. The molecule has 0 heterocycles. The van der Waals surface area contributed by atoms with Crippen LogP contribution in [0.15, 0.2) is 109 Å². The van der Waals surface area contributed by atoms with Gasteiger partial charge >= 0.3 is 26.2 Å². The van der Waals surface area contributed by atoms with Gasteiger partial charge in [0.2, 0.25) is 0 Å².